The maximum Gasteiger partial charge on any atom is 0.306 e. The minimum absolute atomic E-state index is 0.0113. The van der Waals surface area contributed by atoms with Gasteiger partial charge in [-0.3, -0.25) is 9.69 Å². The van der Waals surface area contributed by atoms with Crippen molar-refractivity contribution >= 4 is 5.97 Å². The number of rotatable bonds is 1. The van der Waals surface area contributed by atoms with E-state index in [1.54, 1.807) is 0 Å². The highest BCUT2D eigenvalue weighted by atomic mass is 16.6. The molecule has 0 aliphatic carbocycles. The zero-order valence-electron chi connectivity index (χ0n) is 9.25. The molecule has 0 saturated carbocycles. The molecule has 2 fully saturated rings. The van der Waals surface area contributed by atoms with Crippen LogP contribution in [0.5, 0.6) is 0 Å². The summed E-state index contributed by atoms with van der Waals surface area (Å²) in [6.07, 6.45) is 2.54. The molecule has 14 heavy (non-hydrogen) atoms. The second kappa shape index (κ2) is 3.23. The molecule has 0 N–H and O–H groups in total. The minimum atomic E-state index is -0.138. The van der Waals surface area contributed by atoms with Gasteiger partial charge in [-0.15, -0.1) is 0 Å². The van der Waals surface area contributed by atoms with Crippen LogP contribution in [0.4, 0.5) is 0 Å². The number of nitrogens with zero attached hydrogens (tertiary/aromatic N) is 1. The average Bonchev–Trinajstić information content (AvgIpc) is 2.57. The molecule has 2 aliphatic heterocycles. The molecule has 0 aromatic rings. The highest BCUT2D eigenvalue weighted by Gasteiger charge is 2.49. The van der Waals surface area contributed by atoms with Crippen LogP contribution in [0.3, 0.4) is 0 Å². The summed E-state index contributed by atoms with van der Waals surface area (Å²) in [7, 11) is 0. The highest BCUT2D eigenvalue weighted by Crippen LogP contribution is 2.39. The van der Waals surface area contributed by atoms with E-state index in [1.807, 2.05) is 0 Å². The number of likely N-dealkylation sites (tertiary alicyclic amines) is 1. The van der Waals surface area contributed by atoms with Crippen molar-refractivity contribution in [3.8, 4) is 0 Å². The van der Waals surface area contributed by atoms with Crippen LogP contribution in [0.2, 0.25) is 0 Å². The fourth-order valence-corrected chi connectivity index (χ4v) is 2.83. The first kappa shape index (κ1) is 9.97. The monoisotopic (exact) mass is 197 g/mol. The summed E-state index contributed by atoms with van der Waals surface area (Å²) in [6.45, 7) is 7.55. The van der Waals surface area contributed by atoms with Gasteiger partial charge >= 0.3 is 5.97 Å². The predicted octanol–water partition coefficient (Wildman–Crippen LogP) is 1.56. The predicted molar refractivity (Wildman–Crippen MR) is 54.0 cm³/mol. The third-order valence-corrected chi connectivity index (χ3v) is 3.48. The molecule has 2 rings (SSSR count). The van der Waals surface area contributed by atoms with E-state index in [2.05, 4.69) is 25.7 Å². The molecule has 0 aromatic carbocycles. The van der Waals surface area contributed by atoms with Crippen molar-refractivity contribution in [1.29, 1.82) is 0 Å². The van der Waals surface area contributed by atoms with Gasteiger partial charge in [0.15, 0.2) is 0 Å². The van der Waals surface area contributed by atoms with Crippen LogP contribution in [0.1, 0.15) is 40.0 Å². The molecule has 2 atom stereocenters. The van der Waals surface area contributed by atoms with Crippen molar-refractivity contribution in [3.63, 3.8) is 0 Å². The summed E-state index contributed by atoms with van der Waals surface area (Å²) in [5.41, 5.74) is -0.138. The summed E-state index contributed by atoms with van der Waals surface area (Å²) in [5, 5.41) is 0. The Morgan fingerprint density at radius 3 is 2.71 bits per heavy atom. The number of ether oxygens (including phenoxy) is 1. The van der Waals surface area contributed by atoms with E-state index >= 15 is 0 Å². The van der Waals surface area contributed by atoms with Gasteiger partial charge in [0.05, 0.1) is 0 Å². The van der Waals surface area contributed by atoms with E-state index in [-0.39, 0.29) is 11.6 Å². The van der Waals surface area contributed by atoms with Gasteiger partial charge < -0.3 is 4.74 Å². The Kier molecular flexibility index (Phi) is 2.30. The lowest BCUT2D eigenvalue weighted by Crippen LogP contribution is -2.37. The van der Waals surface area contributed by atoms with Crippen molar-refractivity contribution in [2.24, 2.45) is 0 Å². The van der Waals surface area contributed by atoms with Crippen molar-refractivity contribution in [2.45, 2.75) is 57.7 Å². The van der Waals surface area contributed by atoms with Gasteiger partial charge in [-0.2, -0.15) is 0 Å². The Hall–Kier alpha value is -0.570. The van der Waals surface area contributed by atoms with Gasteiger partial charge in [0.2, 0.25) is 0 Å². The number of hydrogen-bond acceptors (Lipinski definition) is 3. The van der Waals surface area contributed by atoms with E-state index in [1.165, 1.54) is 0 Å². The number of carbonyl (C=O) groups excluding carboxylic acids is 1. The number of hydrogen-bond donors (Lipinski definition) is 0. The Morgan fingerprint density at radius 1 is 1.57 bits per heavy atom. The fourth-order valence-electron chi connectivity index (χ4n) is 2.83. The van der Waals surface area contributed by atoms with E-state index in [0.717, 1.165) is 19.4 Å². The smallest absolute Gasteiger partial charge is 0.306 e. The topological polar surface area (TPSA) is 29.5 Å². The Morgan fingerprint density at radius 2 is 2.29 bits per heavy atom. The van der Waals surface area contributed by atoms with Crippen molar-refractivity contribution < 1.29 is 9.53 Å². The molecule has 2 unspecified atom stereocenters. The summed E-state index contributed by atoms with van der Waals surface area (Å²) in [5.74, 6) is -0.0113. The molecule has 3 nitrogen and oxygen atoms in total. The van der Waals surface area contributed by atoms with Gasteiger partial charge in [-0.1, -0.05) is 0 Å². The van der Waals surface area contributed by atoms with E-state index in [4.69, 9.17) is 4.74 Å². The zero-order valence-corrected chi connectivity index (χ0v) is 9.25. The molecule has 1 spiro atoms. The third-order valence-electron chi connectivity index (χ3n) is 3.48. The SMILES string of the molecule is CC(C)N1CC2(CCC(=O)O2)CC1C. The van der Waals surface area contributed by atoms with Gasteiger partial charge in [-0.25, -0.2) is 0 Å². The van der Waals surface area contributed by atoms with Crippen LogP contribution in [-0.4, -0.2) is 35.1 Å². The first-order valence-electron chi connectivity index (χ1n) is 5.50. The zero-order chi connectivity index (χ0) is 10.3. The molecule has 0 radical (unpaired) electrons. The molecular weight excluding hydrogens is 178 g/mol. The van der Waals surface area contributed by atoms with Crippen LogP contribution in [0, 0.1) is 0 Å². The Labute approximate surface area is 85.4 Å². The third kappa shape index (κ3) is 1.54. The second-order valence-electron chi connectivity index (χ2n) is 4.98. The minimum Gasteiger partial charge on any atom is -0.458 e. The standard InChI is InChI=1S/C11H19NO2/c1-8(2)12-7-11(6-9(12)3)5-4-10(13)14-11/h8-9H,4-7H2,1-3H3. The lowest BCUT2D eigenvalue weighted by atomic mass is 9.97. The van der Waals surface area contributed by atoms with Gasteiger partial charge in [0.1, 0.15) is 5.60 Å². The quantitative estimate of drug-likeness (QED) is 0.597. The molecule has 80 valence electrons. The maximum atomic E-state index is 11.1. The summed E-state index contributed by atoms with van der Waals surface area (Å²) >= 11 is 0. The number of carbonyl (C=O) groups is 1. The lowest BCUT2D eigenvalue weighted by Gasteiger charge is -2.26. The van der Waals surface area contributed by atoms with Crippen LogP contribution < -0.4 is 0 Å². The Bertz CT molecular complexity index is 252. The average molecular weight is 197 g/mol. The van der Waals surface area contributed by atoms with Crippen molar-refractivity contribution in [1.82, 2.24) is 4.90 Å². The van der Waals surface area contributed by atoms with Gasteiger partial charge in [0, 0.05) is 31.5 Å². The van der Waals surface area contributed by atoms with Gasteiger partial charge in [-0.05, 0) is 27.2 Å². The first-order chi connectivity index (χ1) is 6.52. The normalized spacial score (nSPS) is 38.6. The van der Waals surface area contributed by atoms with Crippen molar-refractivity contribution in [3.05, 3.63) is 0 Å². The van der Waals surface area contributed by atoms with Crippen LogP contribution in [0.15, 0.2) is 0 Å². The molecule has 0 amide bonds. The first-order valence-corrected chi connectivity index (χ1v) is 5.50. The molecule has 2 saturated heterocycles. The summed E-state index contributed by atoms with van der Waals surface area (Å²) < 4.78 is 5.48. The second-order valence-corrected chi connectivity index (χ2v) is 4.98. The lowest BCUT2D eigenvalue weighted by molar-refractivity contribution is -0.147. The fraction of sp³-hybridized carbons (Fsp3) is 0.909. The van der Waals surface area contributed by atoms with E-state index in [9.17, 15) is 4.79 Å². The molecule has 2 heterocycles. The molecule has 0 bridgehead atoms. The van der Waals surface area contributed by atoms with E-state index < -0.39 is 0 Å². The maximum absolute atomic E-state index is 11.1. The molecule has 2 aliphatic rings. The van der Waals surface area contributed by atoms with Crippen LogP contribution >= 0.6 is 0 Å². The summed E-state index contributed by atoms with van der Waals surface area (Å²) in [6, 6.07) is 1.09. The molecule has 3 heteroatoms. The van der Waals surface area contributed by atoms with Crippen LogP contribution in [-0.2, 0) is 9.53 Å². The molecular formula is C11H19NO2. The summed E-state index contributed by atoms with van der Waals surface area (Å²) in [4.78, 5) is 13.6. The molecule has 0 aromatic heterocycles. The van der Waals surface area contributed by atoms with E-state index in [0.29, 0.717) is 18.5 Å². The van der Waals surface area contributed by atoms with Gasteiger partial charge in [0.25, 0.3) is 0 Å². The van der Waals surface area contributed by atoms with Crippen molar-refractivity contribution in [2.75, 3.05) is 6.54 Å². The number of esters is 1. The van der Waals surface area contributed by atoms with Crippen LogP contribution in [0.25, 0.3) is 0 Å². The highest BCUT2D eigenvalue weighted by molar-refractivity contribution is 5.72. The largest absolute Gasteiger partial charge is 0.458 e. The Balaban J connectivity index is 2.09.